The van der Waals surface area contributed by atoms with Crippen LogP contribution in [0.1, 0.15) is 12.8 Å². The van der Waals surface area contributed by atoms with Crippen molar-refractivity contribution in [3.63, 3.8) is 0 Å². The number of halogens is 2. The van der Waals surface area contributed by atoms with E-state index in [0.29, 0.717) is 12.8 Å². The van der Waals surface area contributed by atoms with E-state index in [-0.39, 0.29) is 21.5 Å². The highest BCUT2D eigenvalue weighted by Gasteiger charge is 2.40. The second kappa shape index (κ2) is 5.28. The van der Waals surface area contributed by atoms with Gasteiger partial charge >= 0.3 is 5.97 Å². The topological polar surface area (TPSA) is 74.7 Å². The minimum Gasteiger partial charge on any atom is -0.480 e. The van der Waals surface area contributed by atoms with E-state index in [4.69, 9.17) is 28.3 Å². The number of hydrogen-bond donors (Lipinski definition) is 1. The van der Waals surface area contributed by atoms with E-state index in [0.717, 1.165) is 4.31 Å². The zero-order chi connectivity index (χ0) is 14.2. The number of hydrogen-bond acceptors (Lipinski definition) is 3. The molecule has 19 heavy (non-hydrogen) atoms. The molecule has 1 aliphatic rings. The Morgan fingerprint density at radius 2 is 2.05 bits per heavy atom. The van der Waals surface area contributed by atoms with Crippen LogP contribution in [0.25, 0.3) is 0 Å². The first-order valence-corrected chi connectivity index (χ1v) is 7.74. The monoisotopic (exact) mass is 323 g/mol. The van der Waals surface area contributed by atoms with E-state index in [9.17, 15) is 13.2 Å². The minimum absolute atomic E-state index is 0.0831. The first-order valence-electron chi connectivity index (χ1n) is 5.54. The van der Waals surface area contributed by atoms with Gasteiger partial charge in [0.1, 0.15) is 10.9 Å². The van der Waals surface area contributed by atoms with Crippen molar-refractivity contribution in [1.29, 1.82) is 0 Å². The fourth-order valence-corrected chi connectivity index (χ4v) is 4.47. The molecule has 0 amide bonds. The summed E-state index contributed by atoms with van der Waals surface area (Å²) in [6, 6.07) is 3.22. The van der Waals surface area contributed by atoms with E-state index in [1.807, 2.05) is 0 Å². The van der Waals surface area contributed by atoms with Gasteiger partial charge in [-0.3, -0.25) is 4.79 Å². The molecule has 0 aromatic heterocycles. The maximum absolute atomic E-state index is 12.4. The SMILES string of the molecule is O=C(O)[C@H]1CCCN1S(=O)(=O)c1cccc(Cl)c1Cl. The van der Waals surface area contributed by atoms with Gasteiger partial charge < -0.3 is 5.11 Å². The average Bonchev–Trinajstić information content (AvgIpc) is 2.82. The number of carbonyl (C=O) groups is 1. The quantitative estimate of drug-likeness (QED) is 0.925. The second-order valence-electron chi connectivity index (χ2n) is 4.16. The molecule has 1 aromatic carbocycles. The molecule has 104 valence electrons. The average molecular weight is 324 g/mol. The number of nitrogens with zero attached hydrogens (tertiary/aromatic N) is 1. The van der Waals surface area contributed by atoms with Gasteiger partial charge in [0.05, 0.1) is 10.0 Å². The Balaban J connectivity index is 2.48. The van der Waals surface area contributed by atoms with Gasteiger partial charge in [-0.15, -0.1) is 0 Å². The molecule has 1 heterocycles. The van der Waals surface area contributed by atoms with Crippen LogP contribution < -0.4 is 0 Å². The van der Waals surface area contributed by atoms with Crippen LogP contribution in [0.4, 0.5) is 0 Å². The van der Waals surface area contributed by atoms with Gasteiger partial charge in [0.15, 0.2) is 0 Å². The van der Waals surface area contributed by atoms with E-state index >= 15 is 0 Å². The van der Waals surface area contributed by atoms with Crippen molar-refractivity contribution in [3.05, 3.63) is 28.2 Å². The molecule has 5 nitrogen and oxygen atoms in total. The Bertz CT molecular complexity index is 617. The Morgan fingerprint density at radius 1 is 1.37 bits per heavy atom. The molecule has 8 heteroatoms. The van der Waals surface area contributed by atoms with Crippen molar-refractivity contribution in [2.45, 2.75) is 23.8 Å². The molecule has 0 aliphatic carbocycles. The Hall–Kier alpha value is -0.820. The van der Waals surface area contributed by atoms with Crippen LogP contribution in [0, 0.1) is 0 Å². The molecule has 1 atom stereocenters. The van der Waals surface area contributed by atoms with Crippen LogP contribution in [-0.2, 0) is 14.8 Å². The predicted octanol–water partition coefficient (Wildman–Crippen LogP) is 2.23. The van der Waals surface area contributed by atoms with E-state index in [1.165, 1.54) is 18.2 Å². The largest absolute Gasteiger partial charge is 0.480 e. The van der Waals surface area contributed by atoms with E-state index < -0.39 is 22.0 Å². The molecule has 2 rings (SSSR count). The highest BCUT2D eigenvalue weighted by molar-refractivity contribution is 7.89. The summed E-state index contributed by atoms with van der Waals surface area (Å²) in [6.45, 7) is 0.169. The summed E-state index contributed by atoms with van der Waals surface area (Å²) in [4.78, 5) is 10.9. The number of sulfonamides is 1. The summed E-state index contributed by atoms with van der Waals surface area (Å²) < 4.78 is 25.8. The molecular weight excluding hydrogens is 313 g/mol. The van der Waals surface area contributed by atoms with Crippen LogP contribution in [-0.4, -0.2) is 36.4 Å². The van der Waals surface area contributed by atoms with Gasteiger partial charge in [-0.1, -0.05) is 29.3 Å². The molecule has 1 aliphatic heterocycles. The third-order valence-electron chi connectivity index (χ3n) is 2.99. The fourth-order valence-electron chi connectivity index (χ4n) is 2.08. The molecule has 1 fully saturated rings. The first kappa shape index (κ1) is 14.6. The lowest BCUT2D eigenvalue weighted by Crippen LogP contribution is -2.40. The smallest absolute Gasteiger partial charge is 0.322 e. The summed E-state index contributed by atoms with van der Waals surface area (Å²) >= 11 is 11.7. The summed E-state index contributed by atoms with van der Waals surface area (Å²) in [5.74, 6) is -1.15. The normalized spacial score (nSPS) is 20.6. The predicted molar refractivity (Wildman–Crippen MR) is 71.0 cm³/mol. The molecule has 0 saturated carbocycles. The Kier molecular flexibility index (Phi) is 4.06. The lowest BCUT2D eigenvalue weighted by Gasteiger charge is -2.21. The van der Waals surface area contributed by atoms with Gasteiger partial charge in [-0.05, 0) is 25.0 Å². The van der Waals surface area contributed by atoms with Gasteiger partial charge in [-0.2, -0.15) is 4.31 Å². The molecule has 1 aromatic rings. The standard InChI is InChI=1S/C11H11Cl2NO4S/c12-7-3-1-5-9(10(7)13)19(17,18)14-6-2-4-8(14)11(15)16/h1,3,5,8H,2,4,6H2,(H,15,16)/t8-/m1/s1. The number of carboxylic acids is 1. The third kappa shape index (κ3) is 2.58. The van der Waals surface area contributed by atoms with Crippen LogP contribution in [0.5, 0.6) is 0 Å². The first-order chi connectivity index (χ1) is 8.85. The summed E-state index contributed by atoms with van der Waals surface area (Å²) in [6.07, 6.45) is 0.807. The maximum Gasteiger partial charge on any atom is 0.322 e. The van der Waals surface area contributed by atoms with Crippen LogP contribution in [0.15, 0.2) is 23.1 Å². The van der Waals surface area contributed by atoms with Crippen LogP contribution >= 0.6 is 23.2 Å². The van der Waals surface area contributed by atoms with Crippen molar-refractivity contribution in [2.24, 2.45) is 0 Å². The van der Waals surface area contributed by atoms with E-state index in [2.05, 4.69) is 0 Å². The highest BCUT2D eigenvalue weighted by atomic mass is 35.5. The Labute approximate surface area is 120 Å². The van der Waals surface area contributed by atoms with Crippen molar-refractivity contribution in [3.8, 4) is 0 Å². The summed E-state index contributed by atoms with van der Waals surface area (Å²) in [7, 11) is -3.95. The summed E-state index contributed by atoms with van der Waals surface area (Å²) in [5.41, 5.74) is 0. The second-order valence-corrected chi connectivity index (χ2v) is 6.81. The number of benzene rings is 1. The van der Waals surface area contributed by atoms with Gasteiger partial charge in [0.25, 0.3) is 0 Å². The lowest BCUT2D eigenvalue weighted by molar-refractivity contribution is -0.140. The third-order valence-corrected chi connectivity index (χ3v) is 5.87. The van der Waals surface area contributed by atoms with Crippen LogP contribution in [0.2, 0.25) is 10.0 Å². The number of rotatable bonds is 3. The van der Waals surface area contributed by atoms with Crippen molar-refractivity contribution in [1.82, 2.24) is 4.31 Å². The molecule has 1 saturated heterocycles. The zero-order valence-corrected chi connectivity index (χ0v) is 12.0. The zero-order valence-electron chi connectivity index (χ0n) is 9.71. The molecule has 0 radical (unpaired) electrons. The molecule has 0 spiro atoms. The number of aliphatic carboxylic acids is 1. The van der Waals surface area contributed by atoms with Crippen molar-refractivity contribution < 1.29 is 18.3 Å². The Morgan fingerprint density at radius 3 is 2.68 bits per heavy atom. The molecular formula is C11H11Cl2NO4S. The van der Waals surface area contributed by atoms with Crippen molar-refractivity contribution >= 4 is 39.2 Å². The van der Waals surface area contributed by atoms with Crippen LogP contribution in [0.3, 0.4) is 0 Å². The molecule has 0 unspecified atom stereocenters. The molecule has 0 bridgehead atoms. The maximum atomic E-state index is 12.4. The van der Waals surface area contributed by atoms with E-state index in [1.54, 1.807) is 0 Å². The number of carboxylic acid groups (broad SMARTS) is 1. The highest BCUT2D eigenvalue weighted by Crippen LogP contribution is 2.33. The lowest BCUT2D eigenvalue weighted by atomic mass is 10.2. The van der Waals surface area contributed by atoms with Gasteiger partial charge in [-0.25, -0.2) is 8.42 Å². The fraction of sp³-hybridized carbons (Fsp3) is 0.364. The summed E-state index contributed by atoms with van der Waals surface area (Å²) in [5, 5.41) is 9.09. The minimum atomic E-state index is -3.95. The van der Waals surface area contributed by atoms with Crippen molar-refractivity contribution in [2.75, 3.05) is 6.54 Å². The molecule has 1 N–H and O–H groups in total. The van der Waals surface area contributed by atoms with Gasteiger partial charge in [0.2, 0.25) is 10.0 Å². The van der Waals surface area contributed by atoms with Gasteiger partial charge in [0, 0.05) is 6.54 Å².